The molecule has 3 aliphatic rings. The lowest BCUT2D eigenvalue weighted by molar-refractivity contribution is -0.129. The first kappa shape index (κ1) is 32.0. The van der Waals surface area contributed by atoms with Gasteiger partial charge in [0.15, 0.2) is 5.17 Å². The van der Waals surface area contributed by atoms with Crippen LogP contribution < -0.4 is 5.46 Å². The SMILES string of the molecule is CN(C)C(=O)[C@]12C[C@H]1[C@@](C)(c1cc(B3OC(C)(C)C(C)(C)O3)ccc1F)N=C(N(COCC[Si](C)(C)C)C(=O)O)S2. The molecular weight excluding hydrogens is 564 g/mol. The number of amides is 2. The Balaban J connectivity index is 1.74. The molecule has 13 heteroatoms. The first-order chi connectivity index (χ1) is 18.7. The van der Waals surface area contributed by atoms with Gasteiger partial charge in [0.05, 0.1) is 16.7 Å². The van der Waals surface area contributed by atoms with E-state index in [1.54, 1.807) is 33.2 Å². The summed E-state index contributed by atoms with van der Waals surface area (Å²) in [4.78, 5) is 33.4. The Labute approximate surface area is 248 Å². The highest BCUT2D eigenvalue weighted by molar-refractivity contribution is 8.16. The number of thioether (sulfide) groups is 1. The van der Waals surface area contributed by atoms with Gasteiger partial charge in [-0.2, -0.15) is 0 Å². The third-order valence-corrected chi connectivity index (χ3v) is 11.9. The molecule has 1 aromatic rings. The van der Waals surface area contributed by atoms with Crippen LogP contribution in [0.3, 0.4) is 0 Å². The van der Waals surface area contributed by atoms with Gasteiger partial charge >= 0.3 is 13.2 Å². The van der Waals surface area contributed by atoms with Gasteiger partial charge in [0.25, 0.3) is 0 Å². The van der Waals surface area contributed by atoms with E-state index in [1.165, 1.54) is 11.0 Å². The molecular formula is C28H43BFN3O6SSi. The van der Waals surface area contributed by atoms with Crippen molar-refractivity contribution in [2.75, 3.05) is 27.4 Å². The van der Waals surface area contributed by atoms with E-state index in [0.29, 0.717) is 18.5 Å². The molecule has 226 valence electrons. The first-order valence-electron chi connectivity index (χ1n) is 14.0. The van der Waals surface area contributed by atoms with Crippen molar-refractivity contribution in [3.8, 4) is 0 Å². The lowest BCUT2D eigenvalue weighted by Gasteiger charge is -2.37. The van der Waals surface area contributed by atoms with E-state index >= 15 is 4.39 Å². The number of ether oxygens (including phenoxy) is 1. The Kier molecular flexibility index (Phi) is 8.32. The van der Waals surface area contributed by atoms with Gasteiger partial charge in [0, 0.05) is 40.3 Å². The Bertz CT molecular complexity index is 1240. The molecule has 1 N–H and O–H groups in total. The van der Waals surface area contributed by atoms with Crippen LogP contribution in [0.15, 0.2) is 23.2 Å². The third-order valence-electron chi connectivity index (χ3n) is 8.70. The van der Waals surface area contributed by atoms with Crippen LogP contribution in [0.1, 0.15) is 46.6 Å². The normalized spacial score (nSPS) is 28.1. The predicted molar refractivity (Wildman–Crippen MR) is 163 cm³/mol. The van der Waals surface area contributed by atoms with Crippen LogP contribution in [-0.2, 0) is 24.4 Å². The molecule has 2 amide bonds. The lowest BCUT2D eigenvalue weighted by Crippen LogP contribution is -2.47. The molecule has 0 radical (unpaired) electrons. The van der Waals surface area contributed by atoms with Crippen LogP contribution in [0.25, 0.3) is 0 Å². The van der Waals surface area contributed by atoms with Crippen molar-refractivity contribution in [1.29, 1.82) is 0 Å². The second kappa shape index (κ2) is 10.7. The lowest BCUT2D eigenvalue weighted by atomic mass is 9.75. The van der Waals surface area contributed by atoms with Gasteiger partial charge in [-0.05, 0) is 58.6 Å². The largest absolute Gasteiger partial charge is 0.494 e. The van der Waals surface area contributed by atoms with Crippen LogP contribution in [0.2, 0.25) is 25.7 Å². The van der Waals surface area contributed by atoms with E-state index in [-0.39, 0.29) is 29.3 Å². The number of halogens is 1. The van der Waals surface area contributed by atoms with Crippen molar-refractivity contribution in [3.63, 3.8) is 0 Å². The number of carboxylic acid groups (broad SMARTS) is 1. The Morgan fingerprint density at radius 3 is 2.32 bits per heavy atom. The Morgan fingerprint density at radius 1 is 1.17 bits per heavy atom. The number of hydrogen-bond acceptors (Lipinski definition) is 7. The van der Waals surface area contributed by atoms with Crippen molar-refractivity contribution in [2.45, 2.75) is 88.2 Å². The minimum Gasteiger partial charge on any atom is -0.465 e. The second-order valence-corrected chi connectivity index (χ2v) is 20.8. The zero-order valence-corrected chi connectivity index (χ0v) is 27.6. The monoisotopic (exact) mass is 607 g/mol. The van der Waals surface area contributed by atoms with Crippen molar-refractivity contribution < 1.29 is 33.1 Å². The fraction of sp³-hybridized carbons (Fsp3) is 0.679. The standard InChI is InChI=1S/C28H43BFN3O6SSi/c1-25(2)26(3,4)39-29(38-25)18-11-12-20(30)19(15-18)27(5)21-16-28(21,22(34)32(6)7)40-23(31-27)33(24(35)36)17-37-13-14-41(8,9)10/h11-12,15,21H,13-14,16-17H2,1-10H3,(H,35,36)/t21-,27+,28-/m0/s1. The van der Waals surface area contributed by atoms with Crippen LogP contribution in [0, 0.1) is 11.7 Å². The number of benzene rings is 1. The summed E-state index contributed by atoms with van der Waals surface area (Å²) < 4.78 is 33.0. The molecule has 1 saturated heterocycles. The number of nitrogens with zero attached hydrogens (tertiary/aromatic N) is 3. The van der Waals surface area contributed by atoms with Gasteiger partial charge < -0.3 is 24.1 Å². The molecule has 0 bridgehead atoms. The molecule has 0 aromatic heterocycles. The van der Waals surface area contributed by atoms with Gasteiger partial charge in [0.1, 0.15) is 17.3 Å². The summed E-state index contributed by atoms with van der Waals surface area (Å²) in [6.45, 7) is 16.4. The molecule has 2 aliphatic heterocycles. The first-order valence-corrected chi connectivity index (χ1v) is 18.5. The quantitative estimate of drug-likeness (QED) is 0.262. The average Bonchev–Trinajstić information content (AvgIpc) is 3.54. The molecule has 41 heavy (non-hydrogen) atoms. The fourth-order valence-corrected chi connectivity index (χ4v) is 7.73. The summed E-state index contributed by atoms with van der Waals surface area (Å²) in [6, 6.07) is 5.56. The third kappa shape index (κ3) is 5.97. The number of fused-ring (bicyclic) bond motifs is 1. The summed E-state index contributed by atoms with van der Waals surface area (Å²) >= 11 is 1.14. The summed E-state index contributed by atoms with van der Waals surface area (Å²) in [7, 11) is 1.24. The highest BCUT2D eigenvalue weighted by atomic mass is 32.2. The van der Waals surface area contributed by atoms with Crippen LogP contribution >= 0.6 is 11.8 Å². The zero-order chi connectivity index (χ0) is 30.8. The second-order valence-electron chi connectivity index (χ2n) is 13.9. The van der Waals surface area contributed by atoms with Crippen LogP contribution in [-0.4, -0.2) is 90.6 Å². The summed E-state index contributed by atoms with van der Waals surface area (Å²) in [5.74, 6) is -0.988. The molecule has 0 spiro atoms. The maximum absolute atomic E-state index is 15.7. The highest BCUT2D eigenvalue weighted by Gasteiger charge is 2.71. The molecule has 9 nitrogen and oxygen atoms in total. The van der Waals surface area contributed by atoms with Gasteiger partial charge in [-0.15, -0.1) is 0 Å². The molecule has 3 atom stereocenters. The molecule has 2 fully saturated rings. The molecule has 0 unspecified atom stereocenters. The smallest absolute Gasteiger partial charge is 0.465 e. The maximum Gasteiger partial charge on any atom is 0.494 e. The fourth-order valence-electron chi connectivity index (χ4n) is 5.28. The van der Waals surface area contributed by atoms with Crippen molar-refractivity contribution in [3.05, 3.63) is 29.6 Å². The Hall–Kier alpha value is -1.93. The van der Waals surface area contributed by atoms with E-state index in [0.717, 1.165) is 22.7 Å². The van der Waals surface area contributed by atoms with Gasteiger partial charge in [0.2, 0.25) is 5.91 Å². The van der Waals surface area contributed by atoms with Crippen molar-refractivity contribution in [1.82, 2.24) is 9.80 Å². The predicted octanol–water partition coefficient (Wildman–Crippen LogP) is 4.58. The summed E-state index contributed by atoms with van der Waals surface area (Å²) in [5, 5.41) is 10.3. The number of aliphatic imine (C=N–C) groups is 1. The molecule has 4 rings (SSSR count). The molecule has 2 heterocycles. The van der Waals surface area contributed by atoms with Gasteiger partial charge in [-0.1, -0.05) is 43.5 Å². The molecule has 1 aliphatic carbocycles. The Morgan fingerprint density at radius 2 is 1.78 bits per heavy atom. The van der Waals surface area contributed by atoms with E-state index in [2.05, 4.69) is 19.6 Å². The number of rotatable bonds is 8. The number of hydrogen-bond donors (Lipinski definition) is 1. The minimum atomic E-state index is -1.39. The zero-order valence-electron chi connectivity index (χ0n) is 25.8. The van der Waals surface area contributed by atoms with Crippen molar-refractivity contribution >= 4 is 49.6 Å². The van der Waals surface area contributed by atoms with Crippen LogP contribution in [0.4, 0.5) is 9.18 Å². The summed E-state index contributed by atoms with van der Waals surface area (Å²) in [6.07, 6.45) is -0.813. The number of carbonyl (C=O) groups is 2. The van der Waals surface area contributed by atoms with E-state index in [9.17, 15) is 14.7 Å². The van der Waals surface area contributed by atoms with Crippen LogP contribution in [0.5, 0.6) is 0 Å². The number of carbonyl (C=O) groups excluding carboxylic acids is 1. The summed E-state index contributed by atoms with van der Waals surface area (Å²) in [5.41, 5.74) is -1.48. The van der Waals surface area contributed by atoms with Gasteiger partial charge in [-0.3, -0.25) is 9.79 Å². The van der Waals surface area contributed by atoms with Gasteiger partial charge in [-0.25, -0.2) is 14.1 Å². The van der Waals surface area contributed by atoms with Crippen molar-refractivity contribution in [2.24, 2.45) is 10.9 Å². The van der Waals surface area contributed by atoms with E-state index < -0.39 is 48.6 Å². The maximum atomic E-state index is 15.7. The van der Waals surface area contributed by atoms with E-state index in [4.69, 9.17) is 19.0 Å². The molecule has 1 saturated carbocycles. The minimum absolute atomic E-state index is 0.123. The molecule has 1 aromatic carbocycles. The average molecular weight is 608 g/mol. The van der Waals surface area contributed by atoms with E-state index in [1.807, 2.05) is 27.7 Å². The highest BCUT2D eigenvalue weighted by Crippen LogP contribution is 2.67. The topological polar surface area (TPSA) is 101 Å². The number of amidine groups is 1.